The molecular weight excluding hydrogens is 406 g/mol. The second-order valence-corrected chi connectivity index (χ2v) is 8.26. The van der Waals surface area contributed by atoms with Crippen LogP contribution < -0.4 is 4.74 Å². The number of carbonyl (C=O) groups excluding carboxylic acids is 1. The molecule has 0 radical (unpaired) electrons. The van der Waals surface area contributed by atoms with E-state index in [1.807, 2.05) is 12.1 Å². The summed E-state index contributed by atoms with van der Waals surface area (Å²) < 4.78 is 39.7. The van der Waals surface area contributed by atoms with E-state index >= 15 is 0 Å². The van der Waals surface area contributed by atoms with Gasteiger partial charge in [0, 0.05) is 35.4 Å². The topological polar surface area (TPSA) is 81.5 Å². The number of cyclic esters (lactones) is 1. The molecule has 0 bridgehead atoms. The van der Waals surface area contributed by atoms with Crippen LogP contribution >= 0.6 is 0 Å². The molecule has 1 saturated heterocycles. The Morgan fingerprint density at radius 3 is 2.71 bits per heavy atom. The number of esters is 1. The van der Waals surface area contributed by atoms with Crippen molar-refractivity contribution < 1.29 is 28.2 Å². The lowest BCUT2D eigenvalue weighted by molar-refractivity contribution is -0.193. The maximum Gasteiger partial charge on any atom is 0.339 e. The molecule has 2 fully saturated rings. The third kappa shape index (κ3) is 3.59. The number of allylic oxidation sites excluding steroid dienone is 1. The molecule has 6 nitrogen and oxygen atoms in total. The number of rotatable bonds is 4. The first-order valence-electron chi connectivity index (χ1n) is 10.1. The number of aromatic nitrogens is 2. The van der Waals surface area contributed by atoms with Crippen LogP contribution in [0, 0.1) is 17.8 Å². The number of nitrogens with zero attached hydrogens (tertiary/aromatic N) is 2. The van der Waals surface area contributed by atoms with Crippen molar-refractivity contribution in [2.45, 2.75) is 37.9 Å². The Kier molecular flexibility index (Phi) is 5.29. The first kappa shape index (κ1) is 21.4. The summed E-state index contributed by atoms with van der Waals surface area (Å²) in [6, 6.07) is 7.26. The summed E-state index contributed by atoms with van der Waals surface area (Å²) in [4.78, 5) is 20.7. The van der Waals surface area contributed by atoms with Gasteiger partial charge in [-0.2, -0.15) is 0 Å². The molecule has 4 rings (SSSR count). The number of alkyl halides is 2. The quantitative estimate of drug-likeness (QED) is 0.744. The van der Waals surface area contributed by atoms with Crippen molar-refractivity contribution in [3.8, 4) is 17.0 Å². The Hall–Kier alpha value is -2.87. The van der Waals surface area contributed by atoms with Crippen LogP contribution in [0.2, 0.25) is 0 Å². The molecule has 1 aliphatic carbocycles. The van der Waals surface area contributed by atoms with Gasteiger partial charge in [0.05, 0.1) is 19.2 Å². The minimum absolute atomic E-state index is 0.477. The van der Waals surface area contributed by atoms with E-state index in [-0.39, 0.29) is 0 Å². The minimum Gasteiger partial charge on any atom is -0.481 e. The van der Waals surface area contributed by atoms with E-state index in [1.54, 1.807) is 43.6 Å². The fraction of sp³-hybridized carbons (Fsp3) is 0.435. The van der Waals surface area contributed by atoms with Gasteiger partial charge in [-0.3, -0.25) is 4.98 Å². The zero-order valence-corrected chi connectivity index (χ0v) is 17.5. The zero-order chi connectivity index (χ0) is 22.4. The lowest BCUT2D eigenvalue weighted by Gasteiger charge is -2.45. The number of fused-ring (bicyclic) bond motifs is 1. The number of pyridine rings is 2. The summed E-state index contributed by atoms with van der Waals surface area (Å²) >= 11 is 0. The van der Waals surface area contributed by atoms with Gasteiger partial charge in [-0.15, -0.1) is 0 Å². The number of carbonyl (C=O) groups is 1. The highest BCUT2D eigenvalue weighted by Gasteiger charge is 2.67. The SMILES string of the molecule is COc1ncccc1-c1ccc(C=C[C@@H]2[C@@H]3[C@@H](C)OC(=O)[C@]3(O)CC(F)(F)[C@H]2C)nc1. The van der Waals surface area contributed by atoms with E-state index in [1.165, 1.54) is 14.0 Å². The van der Waals surface area contributed by atoms with Gasteiger partial charge in [0.15, 0.2) is 5.60 Å². The highest BCUT2D eigenvalue weighted by molar-refractivity contribution is 5.83. The van der Waals surface area contributed by atoms with Gasteiger partial charge in [-0.1, -0.05) is 19.1 Å². The van der Waals surface area contributed by atoms with E-state index < -0.39 is 47.8 Å². The highest BCUT2D eigenvalue weighted by atomic mass is 19.3. The van der Waals surface area contributed by atoms with E-state index in [0.717, 1.165) is 11.1 Å². The maximum absolute atomic E-state index is 14.6. The Morgan fingerprint density at radius 2 is 2.03 bits per heavy atom. The molecular formula is C23H24F2N2O4. The molecule has 1 aliphatic heterocycles. The number of aliphatic hydroxyl groups is 1. The molecule has 0 amide bonds. The number of ether oxygens (including phenoxy) is 2. The minimum atomic E-state index is -3.20. The van der Waals surface area contributed by atoms with E-state index in [0.29, 0.717) is 11.6 Å². The van der Waals surface area contributed by atoms with Crippen molar-refractivity contribution in [1.29, 1.82) is 0 Å². The highest BCUT2D eigenvalue weighted by Crippen LogP contribution is 2.54. The Balaban J connectivity index is 1.62. The molecule has 2 aliphatic rings. The number of hydrogen-bond donors (Lipinski definition) is 1. The Morgan fingerprint density at radius 1 is 1.26 bits per heavy atom. The first-order chi connectivity index (χ1) is 14.7. The summed E-state index contributed by atoms with van der Waals surface area (Å²) in [6.45, 7) is 3.07. The average molecular weight is 430 g/mol. The molecule has 2 aromatic heterocycles. The lowest BCUT2D eigenvalue weighted by Crippen LogP contribution is -2.57. The molecule has 31 heavy (non-hydrogen) atoms. The predicted molar refractivity (Wildman–Crippen MR) is 109 cm³/mol. The van der Waals surface area contributed by atoms with Gasteiger partial charge < -0.3 is 14.6 Å². The molecule has 3 heterocycles. The third-order valence-electron chi connectivity index (χ3n) is 6.42. The molecule has 0 spiro atoms. The van der Waals surface area contributed by atoms with Crippen LogP contribution in [0.15, 0.2) is 42.7 Å². The van der Waals surface area contributed by atoms with Gasteiger partial charge in [0.1, 0.15) is 6.10 Å². The first-order valence-corrected chi connectivity index (χ1v) is 10.1. The van der Waals surface area contributed by atoms with Gasteiger partial charge in [-0.05, 0) is 37.1 Å². The van der Waals surface area contributed by atoms with Crippen molar-refractivity contribution in [3.05, 3.63) is 48.4 Å². The normalized spacial score (nSPS) is 32.0. The maximum atomic E-state index is 14.6. The number of hydrogen-bond acceptors (Lipinski definition) is 6. The number of methoxy groups -OCH3 is 1. The fourth-order valence-electron chi connectivity index (χ4n) is 4.74. The Bertz CT molecular complexity index is 1010. The molecule has 8 heteroatoms. The second kappa shape index (κ2) is 7.67. The van der Waals surface area contributed by atoms with E-state index in [4.69, 9.17) is 9.47 Å². The van der Waals surface area contributed by atoms with Crippen LogP contribution in [0.1, 0.15) is 26.0 Å². The largest absolute Gasteiger partial charge is 0.481 e. The molecule has 0 unspecified atom stereocenters. The van der Waals surface area contributed by atoms with Crippen LogP contribution in [0.4, 0.5) is 8.78 Å². The van der Waals surface area contributed by atoms with Gasteiger partial charge >= 0.3 is 5.97 Å². The summed E-state index contributed by atoms with van der Waals surface area (Å²) in [5.41, 5.74) is -0.0286. The summed E-state index contributed by atoms with van der Waals surface area (Å²) in [5.74, 6) is -6.25. The smallest absolute Gasteiger partial charge is 0.339 e. The summed E-state index contributed by atoms with van der Waals surface area (Å²) in [7, 11) is 1.54. The molecule has 2 aromatic rings. The van der Waals surface area contributed by atoms with Gasteiger partial charge in [-0.25, -0.2) is 18.6 Å². The zero-order valence-electron chi connectivity index (χ0n) is 17.5. The van der Waals surface area contributed by atoms with Crippen molar-refractivity contribution in [3.63, 3.8) is 0 Å². The summed E-state index contributed by atoms with van der Waals surface area (Å²) in [5, 5.41) is 10.8. The number of halogens is 2. The summed E-state index contributed by atoms with van der Waals surface area (Å²) in [6.07, 6.45) is 4.96. The van der Waals surface area contributed by atoms with E-state index in [9.17, 15) is 18.7 Å². The van der Waals surface area contributed by atoms with Crippen LogP contribution in [-0.2, 0) is 9.53 Å². The third-order valence-corrected chi connectivity index (χ3v) is 6.42. The van der Waals surface area contributed by atoms with Crippen molar-refractivity contribution in [2.75, 3.05) is 7.11 Å². The van der Waals surface area contributed by atoms with Crippen LogP contribution in [0.3, 0.4) is 0 Å². The average Bonchev–Trinajstić information content (AvgIpc) is 2.96. The Labute approximate surface area is 178 Å². The monoisotopic (exact) mass is 430 g/mol. The standard InChI is InChI=1S/C23H24F2N2O4/c1-13-17(19-14(2)31-21(28)22(19,29)12-23(13,24)25)9-8-16-7-6-15(11-27-16)18-5-4-10-26-20(18)30-3/h4-11,13-14,17,19,29H,12H2,1-3H3/t13-,14+,17-,19-,22-/m0/s1. The lowest BCUT2D eigenvalue weighted by atomic mass is 9.62. The van der Waals surface area contributed by atoms with Crippen molar-refractivity contribution >= 4 is 12.0 Å². The van der Waals surface area contributed by atoms with Gasteiger partial charge in [0.2, 0.25) is 5.88 Å². The fourth-order valence-corrected chi connectivity index (χ4v) is 4.74. The molecule has 1 N–H and O–H groups in total. The van der Waals surface area contributed by atoms with Gasteiger partial charge in [0.25, 0.3) is 5.92 Å². The van der Waals surface area contributed by atoms with Crippen LogP contribution in [-0.4, -0.2) is 45.8 Å². The molecule has 0 aromatic carbocycles. The van der Waals surface area contributed by atoms with Crippen LogP contribution in [0.25, 0.3) is 17.2 Å². The van der Waals surface area contributed by atoms with E-state index in [2.05, 4.69) is 9.97 Å². The van der Waals surface area contributed by atoms with Crippen LogP contribution in [0.5, 0.6) is 5.88 Å². The molecule has 5 atom stereocenters. The van der Waals surface area contributed by atoms with Crippen molar-refractivity contribution in [2.24, 2.45) is 17.8 Å². The van der Waals surface area contributed by atoms with Crippen molar-refractivity contribution in [1.82, 2.24) is 9.97 Å². The second-order valence-electron chi connectivity index (χ2n) is 8.26. The predicted octanol–water partition coefficient (Wildman–Crippen LogP) is 3.75. The molecule has 164 valence electrons. The molecule has 1 saturated carbocycles.